The fraction of sp³-hybridized carbons (Fsp3) is 0.214. The third-order valence-corrected chi connectivity index (χ3v) is 3.37. The lowest BCUT2D eigenvalue weighted by Crippen LogP contribution is -2.27. The maximum absolute atomic E-state index is 12.0. The molecule has 0 fully saturated rings. The highest BCUT2D eigenvalue weighted by molar-refractivity contribution is 5.93. The topological polar surface area (TPSA) is 119 Å². The van der Waals surface area contributed by atoms with E-state index in [0.29, 0.717) is 13.0 Å². The van der Waals surface area contributed by atoms with Gasteiger partial charge in [-0.05, 0) is 17.1 Å². The van der Waals surface area contributed by atoms with Gasteiger partial charge in [-0.15, -0.1) is 0 Å². The highest BCUT2D eigenvalue weighted by Gasteiger charge is 2.20. The van der Waals surface area contributed by atoms with Gasteiger partial charge in [0, 0.05) is 13.0 Å². The number of nitro groups is 1. The van der Waals surface area contributed by atoms with Gasteiger partial charge in [0.2, 0.25) is 0 Å². The van der Waals surface area contributed by atoms with Crippen LogP contribution in [0.2, 0.25) is 0 Å². The summed E-state index contributed by atoms with van der Waals surface area (Å²) in [4.78, 5) is 29.6. The van der Waals surface area contributed by atoms with Crippen molar-refractivity contribution in [3.63, 3.8) is 0 Å². The molecular weight excluding hydrogens is 300 g/mol. The van der Waals surface area contributed by atoms with Gasteiger partial charge in [0.15, 0.2) is 5.69 Å². The first kappa shape index (κ1) is 14.7. The number of hydrogen-bond acceptors (Lipinski definition) is 5. The van der Waals surface area contributed by atoms with Crippen LogP contribution in [-0.4, -0.2) is 37.1 Å². The molecule has 0 atom stereocenters. The average molecular weight is 314 g/mol. The van der Waals surface area contributed by atoms with Crippen LogP contribution in [0.15, 0.2) is 30.3 Å². The zero-order chi connectivity index (χ0) is 16.4. The molecule has 9 heteroatoms. The number of rotatable bonds is 5. The molecule has 2 aromatic heterocycles. The van der Waals surface area contributed by atoms with Crippen LogP contribution in [0.25, 0.3) is 11.0 Å². The summed E-state index contributed by atoms with van der Waals surface area (Å²) in [5, 5.41) is 17.0. The fourth-order valence-corrected chi connectivity index (χ4v) is 2.26. The Morgan fingerprint density at radius 2 is 2.22 bits per heavy atom. The van der Waals surface area contributed by atoms with Crippen LogP contribution >= 0.6 is 0 Å². The lowest BCUT2D eigenvalue weighted by atomic mass is 10.3. The molecule has 0 bridgehead atoms. The molecule has 118 valence electrons. The number of nitrogens with zero attached hydrogens (tertiary/aromatic N) is 4. The molecule has 0 spiro atoms. The first-order chi connectivity index (χ1) is 11.0. The van der Waals surface area contributed by atoms with Gasteiger partial charge < -0.3 is 20.4 Å². The molecule has 9 nitrogen and oxygen atoms in total. The van der Waals surface area contributed by atoms with E-state index in [1.807, 2.05) is 24.3 Å². The number of aromatic amines is 1. The summed E-state index contributed by atoms with van der Waals surface area (Å²) in [6, 6.07) is 8.81. The van der Waals surface area contributed by atoms with Crippen molar-refractivity contribution in [1.82, 2.24) is 25.1 Å². The van der Waals surface area contributed by atoms with Gasteiger partial charge in [-0.2, -0.15) is 4.68 Å². The molecule has 1 amide bonds. The number of hydrogen-bond donors (Lipinski definition) is 2. The van der Waals surface area contributed by atoms with Crippen LogP contribution in [0.3, 0.4) is 0 Å². The van der Waals surface area contributed by atoms with Gasteiger partial charge in [0.1, 0.15) is 5.82 Å². The smallest absolute Gasteiger partial charge is 0.358 e. The first-order valence-electron chi connectivity index (χ1n) is 6.95. The number of nitrogens with one attached hydrogen (secondary N) is 2. The predicted molar refractivity (Wildman–Crippen MR) is 82.0 cm³/mol. The molecule has 2 heterocycles. The van der Waals surface area contributed by atoms with E-state index >= 15 is 0 Å². The van der Waals surface area contributed by atoms with Crippen molar-refractivity contribution in [2.24, 2.45) is 7.05 Å². The van der Waals surface area contributed by atoms with Crippen LogP contribution in [0.4, 0.5) is 5.82 Å². The standard InChI is InChI=1S/C14H14N6O3/c1-19-11(8-13(18-19)20(22)23)14(21)15-7-6-12-16-9-4-2-3-5-10(9)17-12/h2-5,8H,6-7H2,1H3,(H,15,21)(H,16,17). The Morgan fingerprint density at radius 3 is 2.91 bits per heavy atom. The molecule has 23 heavy (non-hydrogen) atoms. The zero-order valence-corrected chi connectivity index (χ0v) is 12.3. The summed E-state index contributed by atoms with van der Waals surface area (Å²) in [7, 11) is 1.49. The molecule has 1 aromatic carbocycles. The van der Waals surface area contributed by atoms with Crippen LogP contribution in [0.1, 0.15) is 16.3 Å². The van der Waals surface area contributed by atoms with E-state index in [-0.39, 0.29) is 11.5 Å². The van der Waals surface area contributed by atoms with Crippen molar-refractivity contribution in [2.45, 2.75) is 6.42 Å². The van der Waals surface area contributed by atoms with Gasteiger partial charge in [0.05, 0.1) is 29.2 Å². The van der Waals surface area contributed by atoms with Gasteiger partial charge in [-0.1, -0.05) is 12.1 Å². The van der Waals surface area contributed by atoms with E-state index in [0.717, 1.165) is 22.9 Å². The van der Waals surface area contributed by atoms with E-state index in [2.05, 4.69) is 20.4 Å². The van der Waals surface area contributed by atoms with E-state index < -0.39 is 10.8 Å². The second kappa shape index (κ2) is 5.87. The summed E-state index contributed by atoms with van der Waals surface area (Å²) in [6.07, 6.45) is 0.528. The number of H-pyrrole nitrogens is 1. The van der Waals surface area contributed by atoms with E-state index in [9.17, 15) is 14.9 Å². The monoisotopic (exact) mass is 314 g/mol. The van der Waals surface area contributed by atoms with Crippen molar-refractivity contribution in [1.29, 1.82) is 0 Å². The minimum absolute atomic E-state index is 0.140. The molecular formula is C14H14N6O3. The quantitative estimate of drug-likeness (QED) is 0.541. The molecule has 0 aliphatic rings. The Kier molecular flexibility index (Phi) is 3.75. The predicted octanol–water partition coefficient (Wildman–Crippen LogP) is 1.18. The number of benzene rings is 1. The van der Waals surface area contributed by atoms with Gasteiger partial charge in [-0.25, -0.2) is 4.98 Å². The second-order valence-electron chi connectivity index (χ2n) is 4.98. The summed E-state index contributed by atoms with van der Waals surface area (Å²) in [6.45, 7) is 0.359. The van der Waals surface area contributed by atoms with Crippen LogP contribution in [0.5, 0.6) is 0 Å². The highest BCUT2D eigenvalue weighted by Crippen LogP contribution is 2.11. The Hall–Kier alpha value is -3.23. The highest BCUT2D eigenvalue weighted by atomic mass is 16.6. The van der Waals surface area contributed by atoms with E-state index in [1.54, 1.807) is 0 Å². The molecule has 3 rings (SSSR count). The zero-order valence-electron chi connectivity index (χ0n) is 12.3. The summed E-state index contributed by atoms with van der Waals surface area (Å²) in [5.41, 5.74) is 1.95. The van der Waals surface area contributed by atoms with Crippen molar-refractivity contribution in [2.75, 3.05) is 6.54 Å². The number of imidazole rings is 1. The summed E-state index contributed by atoms with van der Waals surface area (Å²) >= 11 is 0. The molecule has 2 N–H and O–H groups in total. The maximum Gasteiger partial charge on any atom is 0.390 e. The van der Waals surface area contributed by atoms with E-state index in [1.165, 1.54) is 11.7 Å². The Morgan fingerprint density at radius 1 is 1.43 bits per heavy atom. The number of amides is 1. The van der Waals surface area contributed by atoms with Gasteiger partial charge in [0.25, 0.3) is 5.91 Å². The van der Waals surface area contributed by atoms with Crippen LogP contribution < -0.4 is 5.32 Å². The Balaban J connectivity index is 1.61. The number of aromatic nitrogens is 4. The molecule has 0 radical (unpaired) electrons. The normalized spacial score (nSPS) is 10.8. The van der Waals surface area contributed by atoms with Gasteiger partial charge >= 0.3 is 5.82 Å². The molecule has 0 aliphatic carbocycles. The van der Waals surface area contributed by atoms with Crippen molar-refractivity contribution >= 4 is 22.8 Å². The van der Waals surface area contributed by atoms with Crippen LogP contribution in [0, 0.1) is 10.1 Å². The van der Waals surface area contributed by atoms with Gasteiger partial charge in [-0.3, -0.25) is 4.79 Å². The fourth-order valence-electron chi connectivity index (χ4n) is 2.26. The largest absolute Gasteiger partial charge is 0.390 e. The molecule has 0 unspecified atom stereocenters. The average Bonchev–Trinajstić information content (AvgIpc) is 3.10. The number of aryl methyl sites for hydroxylation is 1. The third-order valence-electron chi connectivity index (χ3n) is 3.37. The Bertz CT molecular complexity index is 849. The Labute approximate surface area is 130 Å². The second-order valence-corrected chi connectivity index (χ2v) is 4.98. The number of carbonyl (C=O) groups excluding carboxylic acids is 1. The minimum Gasteiger partial charge on any atom is -0.358 e. The first-order valence-corrected chi connectivity index (χ1v) is 6.95. The third kappa shape index (κ3) is 3.03. The van der Waals surface area contributed by atoms with Crippen molar-refractivity contribution < 1.29 is 9.72 Å². The number of carbonyl (C=O) groups is 1. The van der Waals surface area contributed by atoms with E-state index in [4.69, 9.17) is 0 Å². The SMILES string of the molecule is Cn1nc([N+](=O)[O-])cc1C(=O)NCCc1nc2ccccc2[nH]1. The van der Waals surface area contributed by atoms with Crippen LogP contribution in [-0.2, 0) is 13.5 Å². The summed E-state index contributed by atoms with van der Waals surface area (Å²) in [5.74, 6) is 0.00151. The number of fused-ring (bicyclic) bond motifs is 1. The maximum atomic E-state index is 12.0. The van der Waals surface area contributed by atoms with Crippen molar-refractivity contribution in [3.05, 3.63) is 52.0 Å². The summed E-state index contributed by atoms with van der Waals surface area (Å²) < 4.78 is 1.19. The van der Waals surface area contributed by atoms with Crippen molar-refractivity contribution in [3.8, 4) is 0 Å². The lowest BCUT2D eigenvalue weighted by molar-refractivity contribution is -0.389. The molecule has 3 aromatic rings. The molecule has 0 saturated carbocycles. The molecule has 0 aliphatic heterocycles. The molecule has 0 saturated heterocycles. The number of para-hydroxylation sites is 2. The minimum atomic E-state index is -0.634. The lowest BCUT2D eigenvalue weighted by Gasteiger charge is -2.02.